The van der Waals surface area contributed by atoms with Crippen LogP contribution in [0.4, 0.5) is 0 Å². The van der Waals surface area contributed by atoms with E-state index in [0.29, 0.717) is 24.0 Å². The minimum Gasteiger partial charge on any atom is -0.294 e. The molecule has 31 heavy (non-hydrogen) atoms. The molecule has 0 aliphatic carbocycles. The summed E-state index contributed by atoms with van der Waals surface area (Å²) in [6, 6.07) is 0. The predicted molar refractivity (Wildman–Crippen MR) is 137 cm³/mol. The van der Waals surface area contributed by atoms with Crippen molar-refractivity contribution < 1.29 is 9.59 Å². The Kier molecular flexibility index (Phi) is 17.8. The van der Waals surface area contributed by atoms with Gasteiger partial charge in [0.25, 0.3) is 0 Å². The molecule has 0 saturated carbocycles. The maximum atomic E-state index is 12.6. The van der Waals surface area contributed by atoms with Crippen LogP contribution in [0.15, 0.2) is 10.8 Å². The third-order valence-electron chi connectivity index (χ3n) is 6.28. The first kappa shape index (κ1) is 28.1. The zero-order valence-electron chi connectivity index (χ0n) is 20.5. The summed E-state index contributed by atoms with van der Waals surface area (Å²) in [7, 11) is 0. The second-order valence-electron chi connectivity index (χ2n) is 9.20. The average Bonchev–Trinajstić information content (AvgIpc) is 3.27. The van der Waals surface area contributed by atoms with Gasteiger partial charge >= 0.3 is 0 Å². The van der Waals surface area contributed by atoms with Gasteiger partial charge in [-0.15, -0.1) is 0 Å². The summed E-state index contributed by atoms with van der Waals surface area (Å²) < 4.78 is 0. The lowest BCUT2D eigenvalue weighted by Gasteiger charge is -2.05. The van der Waals surface area contributed by atoms with Crippen molar-refractivity contribution in [1.29, 1.82) is 0 Å². The smallest absolute Gasteiger partial charge is 0.164 e. The number of ketones is 2. The molecule has 0 saturated heterocycles. The Labute approximate surface area is 196 Å². The van der Waals surface area contributed by atoms with Crippen LogP contribution in [0.25, 0.3) is 0 Å². The Morgan fingerprint density at radius 2 is 0.806 bits per heavy atom. The predicted octanol–water partition coefficient (Wildman–Crippen LogP) is 9.96. The van der Waals surface area contributed by atoms with Crippen molar-refractivity contribution in [2.24, 2.45) is 0 Å². The van der Waals surface area contributed by atoms with Crippen LogP contribution in [0.1, 0.15) is 163 Å². The van der Waals surface area contributed by atoms with Gasteiger partial charge in [-0.3, -0.25) is 9.59 Å². The lowest BCUT2D eigenvalue weighted by Crippen LogP contribution is -2.06. The van der Waals surface area contributed by atoms with E-state index >= 15 is 0 Å². The maximum Gasteiger partial charge on any atom is 0.164 e. The zero-order valence-corrected chi connectivity index (χ0v) is 21.3. The van der Waals surface area contributed by atoms with Crippen molar-refractivity contribution in [3.8, 4) is 0 Å². The van der Waals surface area contributed by atoms with Crippen molar-refractivity contribution in [2.75, 3.05) is 0 Å². The average molecular weight is 449 g/mol. The molecular formula is C28H48O2S. The van der Waals surface area contributed by atoms with Gasteiger partial charge in [-0.25, -0.2) is 0 Å². The van der Waals surface area contributed by atoms with Crippen LogP contribution in [0.5, 0.6) is 0 Å². The van der Waals surface area contributed by atoms with Crippen molar-refractivity contribution >= 4 is 22.9 Å². The van der Waals surface area contributed by atoms with E-state index in [-0.39, 0.29) is 11.6 Å². The Morgan fingerprint density at radius 1 is 0.516 bits per heavy atom. The van der Waals surface area contributed by atoms with Crippen LogP contribution in [0.2, 0.25) is 0 Å². The molecule has 1 rings (SSSR count). The Balaban J connectivity index is 2.15. The monoisotopic (exact) mass is 448 g/mol. The van der Waals surface area contributed by atoms with Crippen molar-refractivity contribution in [3.63, 3.8) is 0 Å². The van der Waals surface area contributed by atoms with Gasteiger partial charge in [0.05, 0.1) is 0 Å². The number of unbranched alkanes of at least 4 members (excludes halogenated alkanes) is 16. The first-order valence-corrected chi connectivity index (χ1v) is 14.3. The topological polar surface area (TPSA) is 34.1 Å². The molecule has 0 aliphatic rings. The van der Waals surface area contributed by atoms with Gasteiger partial charge in [0.1, 0.15) is 0 Å². The molecule has 0 bridgehead atoms. The molecule has 1 aromatic rings. The first-order valence-electron chi connectivity index (χ1n) is 13.3. The number of carbonyl (C=O) groups is 2. The number of Topliss-reactive ketones (excluding diaryl/α,β-unsaturated/α-hetero) is 2. The highest BCUT2D eigenvalue weighted by Crippen LogP contribution is 2.22. The van der Waals surface area contributed by atoms with Crippen molar-refractivity contribution in [3.05, 3.63) is 21.9 Å². The van der Waals surface area contributed by atoms with Crippen molar-refractivity contribution in [2.45, 2.75) is 142 Å². The molecule has 0 radical (unpaired) electrons. The number of hydrogen-bond donors (Lipinski definition) is 0. The van der Waals surface area contributed by atoms with Gasteiger partial charge in [-0.1, -0.05) is 117 Å². The van der Waals surface area contributed by atoms with Crippen LogP contribution in [-0.4, -0.2) is 11.6 Å². The van der Waals surface area contributed by atoms with E-state index in [0.717, 1.165) is 25.7 Å². The SMILES string of the molecule is CCCCCCCCCCCC(=O)c1cscc1C(=O)CCCCCCCCCCC. The fourth-order valence-electron chi connectivity index (χ4n) is 4.19. The third kappa shape index (κ3) is 13.9. The largest absolute Gasteiger partial charge is 0.294 e. The van der Waals surface area contributed by atoms with Gasteiger partial charge in [-0.05, 0) is 12.8 Å². The van der Waals surface area contributed by atoms with E-state index in [1.54, 1.807) is 0 Å². The molecule has 0 aliphatic heterocycles. The zero-order chi connectivity index (χ0) is 22.6. The second kappa shape index (κ2) is 19.7. The summed E-state index contributed by atoms with van der Waals surface area (Å²) in [5.41, 5.74) is 1.37. The second-order valence-corrected chi connectivity index (χ2v) is 9.95. The van der Waals surface area contributed by atoms with E-state index in [1.807, 2.05) is 10.8 Å². The molecule has 0 aromatic carbocycles. The molecule has 0 amide bonds. The van der Waals surface area contributed by atoms with Gasteiger partial charge < -0.3 is 0 Å². The molecule has 0 unspecified atom stereocenters. The Hall–Kier alpha value is -0.960. The summed E-state index contributed by atoms with van der Waals surface area (Å²) in [6.07, 6.45) is 23.8. The van der Waals surface area contributed by atoms with E-state index in [2.05, 4.69) is 13.8 Å². The van der Waals surface area contributed by atoms with Crippen LogP contribution in [0, 0.1) is 0 Å². The normalized spacial score (nSPS) is 11.2. The summed E-state index contributed by atoms with van der Waals surface area (Å²) >= 11 is 1.49. The molecule has 2 nitrogen and oxygen atoms in total. The number of carbonyl (C=O) groups excluding carboxylic acids is 2. The van der Waals surface area contributed by atoms with E-state index in [9.17, 15) is 9.59 Å². The van der Waals surface area contributed by atoms with Crippen LogP contribution >= 0.6 is 11.3 Å². The highest BCUT2D eigenvalue weighted by atomic mass is 32.1. The Bertz CT molecular complexity index is 527. The molecule has 178 valence electrons. The molecule has 3 heteroatoms. The van der Waals surface area contributed by atoms with Crippen LogP contribution in [0.3, 0.4) is 0 Å². The molecule has 0 spiro atoms. The fourth-order valence-corrected chi connectivity index (χ4v) is 5.05. The quantitative estimate of drug-likeness (QED) is 0.131. The van der Waals surface area contributed by atoms with E-state index < -0.39 is 0 Å². The first-order chi connectivity index (χ1) is 15.2. The van der Waals surface area contributed by atoms with Crippen LogP contribution < -0.4 is 0 Å². The maximum absolute atomic E-state index is 12.6. The molecular weight excluding hydrogens is 400 g/mol. The molecule has 1 heterocycles. The summed E-state index contributed by atoms with van der Waals surface area (Å²) in [6.45, 7) is 4.50. The minimum absolute atomic E-state index is 0.166. The van der Waals surface area contributed by atoms with E-state index in [1.165, 1.54) is 101 Å². The molecule has 1 aromatic heterocycles. The summed E-state index contributed by atoms with van der Waals surface area (Å²) in [4.78, 5) is 25.2. The van der Waals surface area contributed by atoms with Gasteiger partial charge in [0, 0.05) is 34.7 Å². The Morgan fingerprint density at radius 3 is 1.13 bits per heavy atom. The van der Waals surface area contributed by atoms with Gasteiger partial charge in [0.2, 0.25) is 0 Å². The standard InChI is InChI=1S/C28H48O2S/c1-3-5-7-9-11-13-15-17-19-21-27(29)25-23-31-24-26(25)28(30)22-20-18-16-14-12-10-8-6-4-2/h23-24H,3-22H2,1-2H3. The molecule has 0 fully saturated rings. The lowest BCUT2D eigenvalue weighted by molar-refractivity contribution is 0.0947. The molecule has 0 atom stereocenters. The fraction of sp³-hybridized carbons (Fsp3) is 0.786. The number of thiophene rings is 1. The third-order valence-corrected chi connectivity index (χ3v) is 7.02. The van der Waals surface area contributed by atoms with Crippen LogP contribution in [-0.2, 0) is 0 Å². The molecule has 0 N–H and O–H groups in total. The van der Waals surface area contributed by atoms with Gasteiger partial charge in [-0.2, -0.15) is 11.3 Å². The highest BCUT2D eigenvalue weighted by molar-refractivity contribution is 7.08. The number of hydrogen-bond acceptors (Lipinski definition) is 3. The minimum atomic E-state index is 0.166. The van der Waals surface area contributed by atoms with Crippen molar-refractivity contribution in [1.82, 2.24) is 0 Å². The van der Waals surface area contributed by atoms with Gasteiger partial charge in [0.15, 0.2) is 11.6 Å². The highest BCUT2D eigenvalue weighted by Gasteiger charge is 2.17. The summed E-state index contributed by atoms with van der Waals surface area (Å²) in [5, 5.41) is 3.78. The summed E-state index contributed by atoms with van der Waals surface area (Å²) in [5.74, 6) is 0.333. The lowest BCUT2D eigenvalue weighted by atomic mass is 9.98. The number of rotatable bonds is 22. The van der Waals surface area contributed by atoms with E-state index in [4.69, 9.17) is 0 Å².